The van der Waals surface area contributed by atoms with Gasteiger partial charge in [0.25, 0.3) is 0 Å². The van der Waals surface area contributed by atoms with E-state index in [1.807, 2.05) is 11.6 Å². The van der Waals surface area contributed by atoms with Gasteiger partial charge < -0.3 is 10.1 Å². The number of hydrogen-bond donors (Lipinski definition) is 1. The van der Waals surface area contributed by atoms with E-state index < -0.39 is 0 Å². The van der Waals surface area contributed by atoms with Gasteiger partial charge >= 0.3 is 5.97 Å². The van der Waals surface area contributed by atoms with Crippen molar-refractivity contribution in [2.45, 2.75) is 52.6 Å². The second-order valence-corrected chi connectivity index (χ2v) is 7.57. The topological polar surface area (TPSA) is 69.0 Å². The minimum Gasteiger partial charge on any atom is -0.466 e. The number of fused-ring (bicyclic) bond motifs is 2. The van der Waals surface area contributed by atoms with Gasteiger partial charge in [-0.15, -0.1) is 5.10 Å². The highest BCUT2D eigenvalue weighted by Crippen LogP contribution is 2.35. The average molecular weight is 393 g/mol. The molecule has 3 aromatic rings. The lowest BCUT2D eigenvalue weighted by Crippen LogP contribution is -2.24. The van der Waals surface area contributed by atoms with E-state index >= 15 is 0 Å². The van der Waals surface area contributed by atoms with Gasteiger partial charge in [0.15, 0.2) is 0 Å². The Labute approximate surface area is 171 Å². The number of nitrogens with zero attached hydrogens (tertiary/aromatic N) is 3. The molecule has 2 aromatic carbocycles. The van der Waals surface area contributed by atoms with Crippen LogP contribution >= 0.6 is 0 Å². The highest BCUT2D eigenvalue weighted by Gasteiger charge is 2.24. The third-order valence-electron chi connectivity index (χ3n) is 5.85. The number of carbonyl (C=O) groups excluding carboxylic acids is 1. The van der Waals surface area contributed by atoms with Crippen molar-refractivity contribution in [3.63, 3.8) is 0 Å². The molecule has 0 amide bonds. The number of ether oxygens (including phenoxy) is 1. The number of hydrogen-bond acceptors (Lipinski definition) is 5. The van der Waals surface area contributed by atoms with Crippen LogP contribution in [0.2, 0.25) is 0 Å². The number of benzene rings is 2. The molecule has 1 aromatic heterocycles. The Bertz CT molecular complexity index is 1040. The molecule has 2 heterocycles. The van der Waals surface area contributed by atoms with E-state index in [0.717, 1.165) is 53.8 Å². The molecule has 29 heavy (non-hydrogen) atoms. The standard InChI is InChI=1S/C23H28N4O2/c1-4-27-21-9-8-19(15(3)23(21)25-26-27)20(13-22(28)29-5-2)17-7-6-16-10-11-24-14-18(16)12-17/h6-9,12,20,24H,4-5,10-11,13-14H2,1-3H3. The van der Waals surface area contributed by atoms with Crippen molar-refractivity contribution in [2.75, 3.05) is 13.2 Å². The third kappa shape index (κ3) is 3.77. The molecule has 1 atom stereocenters. The second kappa shape index (κ2) is 8.33. The molecule has 1 N–H and O–H groups in total. The third-order valence-corrected chi connectivity index (χ3v) is 5.85. The van der Waals surface area contributed by atoms with Crippen LogP contribution in [0.1, 0.15) is 54.0 Å². The van der Waals surface area contributed by atoms with Crippen LogP contribution in [-0.2, 0) is 29.0 Å². The number of nitrogens with one attached hydrogen (secondary N) is 1. The molecule has 0 aliphatic carbocycles. The maximum Gasteiger partial charge on any atom is 0.306 e. The lowest BCUT2D eigenvalue weighted by atomic mass is 9.83. The molecular weight excluding hydrogens is 364 g/mol. The number of aromatic nitrogens is 3. The number of aryl methyl sites for hydroxylation is 2. The molecule has 0 saturated heterocycles. The smallest absolute Gasteiger partial charge is 0.306 e. The van der Waals surface area contributed by atoms with Crippen molar-refractivity contribution in [2.24, 2.45) is 0 Å². The first kappa shape index (κ1) is 19.6. The molecule has 0 bridgehead atoms. The molecule has 1 aliphatic rings. The Morgan fingerprint density at radius 1 is 1.24 bits per heavy atom. The largest absolute Gasteiger partial charge is 0.466 e. The van der Waals surface area contributed by atoms with Gasteiger partial charge in [-0.1, -0.05) is 29.5 Å². The van der Waals surface area contributed by atoms with Crippen molar-refractivity contribution >= 4 is 17.0 Å². The van der Waals surface area contributed by atoms with Crippen LogP contribution in [0.15, 0.2) is 30.3 Å². The van der Waals surface area contributed by atoms with E-state index in [1.54, 1.807) is 0 Å². The van der Waals surface area contributed by atoms with Crippen molar-refractivity contribution in [1.29, 1.82) is 0 Å². The van der Waals surface area contributed by atoms with Crippen LogP contribution in [0.3, 0.4) is 0 Å². The van der Waals surface area contributed by atoms with Gasteiger partial charge in [0, 0.05) is 19.0 Å². The summed E-state index contributed by atoms with van der Waals surface area (Å²) in [5, 5.41) is 12.1. The Hall–Kier alpha value is -2.73. The fourth-order valence-corrected chi connectivity index (χ4v) is 4.31. The van der Waals surface area contributed by atoms with Crippen LogP contribution in [0.25, 0.3) is 11.0 Å². The monoisotopic (exact) mass is 392 g/mol. The first-order valence-corrected chi connectivity index (χ1v) is 10.4. The average Bonchev–Trinajstić information content (AvgIpc) is 3.16. The SMILES string of the molecule is CCOC(=O)CC(c1ccc2c(c1)CNCC2)c1ccc2c(nnn2CC)c1C. The minimum absolute atomic E-state index is 0.0718. The summed E-state index contributed by atoms with van der Waals surface area (Å²) in [4.78, 5) is 12.4. The maximum absolute atomic E-state index is 12.4. The minimum atomic E-state index is -0.176. The summed E-state index contributed by atoms with van der Waals surface area (Å²) in [5.41, 5.74) is 7.96. The summed E-state index contributed by atoms with van der Waals surface area (Å²) in [7, 11) is 0. The van der Waals surface area contributed by atoms with Gasteiger partial charge in [-0.25, -0.2) is 4.68 Å². The van der Waals surface area contributed by atoms with Gasteiger partial charge in [0.1, 0.15) is 5.52 Å². The molecule has 0 radical (unpaired) electrons. The summed E-state index contributed by atoms with van der Waals surface area (Å²) >= 11 is 0. The van der Waals surface area contributed by atoms with Gasteiger partial charge in [-0.05, 0) is 67.6 Å². The summed E-state index contributed by atoms with van der Waals surface area (Å²) in [6.07, 6.45) is 1.36. The zero-order valence-corrected chi connectivity index (χ0v) is 17.4. The zero-order chi connectivity index (χ0) is 20.4. The highest BCUT2D eigenvalue weighted by molar-refractivity contribution is 5.80. The Morgan fingerprint density at radius 2 is 2.10 bits per heavy atom. The molecule has 1 unspecified atom stereocenters. The van der Waals surface area contributed by atoms with E-state index in [0.29, 0.717) is 13.0 Å². The van der Waals surface area contributed by atoms with Crippen molar-refractivity contribution in [1.82, 2.24) is 20.3 Å². The first-order chi connectivity index (χ1) is 14.1. The van der Waals surface area contributed by atoms with Crippen LogP contribution < -0.4 is 5.32 Å². The normalized spacial score (nSPS) is 14.6. The van der Waals surface area contributed by atoms with Crippen LogP contribution in [-0.4, -0.2) is 34.1 Å². The van der Waals surface area contributed by atoms with E-state index in [2.05, 4.69) is 59.8 Å². The molecule has 0 saturated carbocycles. The lowest BCUT2D eigenvalue weighted by molar-refractivity contribution is -0.143. The van der Waals surface area contributed by atoms with E-state index in [-0.39, 0.29) is 11.9 Å². The van der Waals surface area contributed by atoms with Crippen LogP contribution in [0.4, 0.5) is 0 Å². The maximum atomic E-state index is 12.4. The molecule has 1 aliphatic heterocycles. The van der Waals surface area contributed by atoms with Crippen LogP contribution in [0.5, 0.6) is 0 Å². The summed E-state index contributed by atoms with van der Waals surface area (Å²) in [6, 6.07) is 10.8. The van der Waals surface area contributed by atoms with Gasteiger partial charge in [0.2, 0.25) is 0 Å². The molecule has 6 heteroatoms. The number of esters is 1. The Kier molecular flexibility index (Phi) is 5.62. The van der Waals surface area contributed by atoms with E-state index in [4.69, 9.17) is 4.74 Å². The van der Waals surface area contributed by atoms with E-state index in [1.165, 1.54) is 11.1 Å². The summed E-state index contributed by atoms with van der Waals surface area (Å²) < 4.78 is 7.19. The summed E-state index contributed by atoms with van der Waals surface area (Å²) in [6.45, 7) is 9.03. The lowest BCUT2D eigenvalue weighted by Gasteiger charge is -2.23. The molecule has 152 valence electrons. The molecule has 0 spiro atoms. The molecular formula is C23H28N4O2. The Morgan fingerprint density at radius 3 is 2.90 bits per heavy atom. The van der Waals surface area contributed by atoms with E-state index in [9.17, 15) is 4.79 Å². The van der Waals surface area contributed by atoms with Gasteiger partial charge in [-0.3, -0.25) is 4.79 Å². The zero-order valence-electron chi connectivity index (χ0n) is 17.4. The van der Waals surface area contributed by atoms with Gasteiger partial charge in [-0.2, -0.15) is 0 Å². The van der Waals surface area contributed by atoms with Crippen LogP contribution in [0, 0.1) is 6.92 Å². The van der Waals surface area contributed by atoms with Crippen molar-refractivity contribution in [3.8, 4) is 0 Å². The predicted octanol–water partition coefficient (Wildman–Crippen LogP) is 3.49. The Balaban J connectivity index is 1.79. The van der Waals surface area contributed by atoms with Crippen molar-refractivity contribution in [3.05, 3.63) is 58.1 Å². The molecule has 4 rings (SSSR count). The molecule has 6 nitrogen and oxygen atoms in total. The quantitative estimate of drug-likeness (QED) is 0.651. The predicted molar refractivity (Wildman–Crippen MR) is 113 cm³/mol. The molecule has 0 fully saturated rings. The fraction of sp³-hybridized carbons (Fsp3) is 0.435. The number of carbonyl (C=O) groups is 1. The fourth-order valence-electron chi connectivity index (χ4n) is 4.31. The first-order valence-electron chi connectivity index (χ1n) is 10.4. The number of rotatable bonds is 6. The second-order valence-electron chi connectivity index (χ2n) is 7.57. The van der Waals surface area contributed by atoms with Crippen molar-refractivity contribution < 1.29 is 9.53 Å². The summed E-state index contributed by atoms with van der Waals surface area (Å²) in [5.74, 6) is -0.248. The van der Waals surface area contributed by atoms with Gasteiger partial charge in [0.05, 0.1) is 18.5 Å². The highest BCUT2D eigenvalue weighted by atomic mass is 16.5.